The van der Waals surface area contributed by atoms with E-state index in [9.17, 15) is 4.79 Å². The number of pyridine rings is 1. The second kappa shape index (κ2) is 5.20. The van der Waals surface area contributed by atoms with Gasteiger partial charge < -0.3 is 11.1 Å². The van der Waals surface area contributed by atoms with Crippen LogP contribution in [0.1, 0.15) is 39.6 Å². The van der Waals surface area contributed by atoms with Gasteiger partial charge in [-0.1, -0.05) is 26.8 Å². The normalized spacial score (nSPS) is 15.1. The third-order valence-corrected chi connectivity index (χ3v) is 3.30. The average Bonchev–Trinajstić information content (AvgIpc) is 2.80. The average molecular weight is 275 g/mol. The Bertz CT molecular complexity index is 613. The molecule has 3 N–H and O–H groups in total. The molecule has 108 valence electrons. The highest BCUT2D eigenvalue weighted by atomic mass is 16.2. The number of hydrogen-bond acceptors (Lipinski definition) is 4. The van der Waals surface area contributed by atoms with E-state index < -0.39 is 6.04 Å². The van der Waals surface area contributed by atoms with Crippen molar-refractivity contribution in [2.45, 2.75) is 39.8 Å². The van der Waals surface area contributed by atoms with Gasteiger partial charge in [0.15, 0.2) is 11.5 Å². The van der Waals surface area contributed by atoms with Crippen molar-refractivity contribution < 1.29 is 4.79 Å². The summed E-state index contributed by atoms with van der Waals surface area (Å²) >= 11 is 0. The van der Waals surface area contributed by atoms with Gasteiger partial charge in [0.2, 0.25) is 5.91 Å². The Labute approximate surface area is 118 Å². The molecular weight excluding hydrogens is 254 g/mol. The zero-order valence-corrected chi connectivity index (χ0v) is 12.3. The number of carbonyl (C=O) groups excluding carboxylic acids is 1. The van der Waals surface area contributed by atoms with Crippen molar-refractivity contribution in [2.24, 2.45) is 11.1 Å². The quantitative estimate of drug-likeness (QED) is 0.883. The Hall–Kier alpha value is -1.95. The van der Waals surface area contributed by atoms with Gasteiger partial charge in [0.05, 0.1) is 12.1 Å². The molecule has 6 heteroatoms. The van der Waals surface area contributed by atoms with E-state index in [1.54, 1.807) is 0 Å². The molecule has 2 heterocycles. The highest BCUT2D eigenvalue weighted by Crippen LogP contribution is 2.19. The standard InChI is InChI=1S/C14H21N5O/c1-9(16-13(20)11(15)14(2,3)4)12-18-17-10-7-5-6-8-19(10)12/h5-9,11H,15H2,1-4H3,(H,16,20)/t9?,11-/m0/s1. The van der Waals surface area contributed by atoms with Gasteiger partial charge in [-0.05, 0) is 24.5 Å². The van der Waals surface area contributed by atoms with E-state index in [2.05, 4.69) is 15.5 Å². The zero-order chi connectivity index (χ0) is 14.9. The number of aromatic nitrogens is 3. The molecule has 2 aromatic heterocycles. The minimum absolute atomic E-state index is 0.183. The van der Waals surface area contributed by atoms with Crippen LogP contribution in [0.3, 0.4) is 0 Å². The largest absolute Gasteiger partial charge is 0.345 e. The number of nitrogens with zero attached hydrogens (tertiary/aromatic N) is 3. The molecule has 0 fully saturated rings. The first-order chi connectivity index (χ1) is 9.30. The van der Waals surface area contributed by atoms with Gasteiger partial charge in [-0.15, -0.1) is 10.2 Å². The van der Waals surface area contributed by atoms with E-state index >= 15 is 0 Å². The van der Waals surface area contributed by atoms with Crippen molar-refractivity contribution in [1.29, 1.82) is 0 Å². The monoisotopic (exact) mass is 275 g/mol. The van der Waals surface area contributed by atoms with Crippen LogP contribution in [0.15, 0.2) is 24.4 Å². The molecule has 0 aromatic carbocycles. The zero-order valence-electron chi connectivity index (χ0n) is 12.3. The van der Waals surface area contributed by atoms with Crippen LogP contribution in [0, 0.1) is 5.41 Å². The lowest BCUT2D eigenvalue weighted by atomic mass is 9.87. The fraction of sp³-hybridized carbons (Fsp3) is 0.500. The molecule has 0 saturated heterocycles. The van der Waals surface area contributed by atoms with Crippen LogP contribution < -0.4 is 11.1 Å². The van der Waals surface area contributed by atoms with Crippen molar-refractivity contribution in [1.82, 2.24) is 19.9 Å². The second-order valence-corrected chi connectivity index (χ2v) is 6.06. The Morgan fingerprint density at radius 3 is 2.70 bits per heavy atom. The van der Waals surface area contributed by atoms with E-state index in [0.717, 1.165) is 5.65 Å². The summed E-state index contributed by atoms with van der Waals surface area (Å²) in [6.07, 6.45) is 1.87. The molecule has 0 radical (unpaired) electrons. The van der Waals surface area contributed by atoms with Crippen molar-refractivity contribution in [3.63, 3.8) is 0 Å². The number of amides is 1. The fourth-order valence-corrected chi connectivity index (χ4v) is 1.92. The van der Waals surface area contributed by atoms with E-state index in [1.807, 2.05) is 56.5 Å². The minimum Gasteiger partial charge on any atom is -0.345 e. The van der Waals surface area contributed by atoms with Gasteiger partial charge >= 0.3 is 0 Å². The van der Waals surface area contributed by atoms with Crippen molar-refractivity contribution >= 4 is 11.6 Å². The summed E-state index contributed by atoms with van der Waals surface area (Å²) in [5.41, 5.74) is 6.43. The van der Waals surface area contributed by atoms with Gasteiger partial charge in [-0.2, -0.15) is 0 Å². The lowest BCUT2D eigenvalue weighted by molar-refractivity contribution is -0.125. The molecule has 0 aliphatic heterocycles. The second-order valence-electron chi connectivity index (χ2n) is 6.06. The van der Waals surface area contributed by atoms with Gasteiger partial charge in [0.25, 0.3) is 0 Å². The van der Waals surface area contributed by atoms with Crippen LogP contribution in [-0.2, 0) is 4.79 Å². The fourth-order valence-electron chi connectivity index (χ4n) is 1.92. The number of fused-ring (bicyclic) bond motifs is 1. The van der Waals surface area contributed by atoms with Crippen LogP contribution >= 0.6 is 0 Å². The Balaban J connectivity index is 2.16. The molecule has 1 unspecified atom stereocenters. The molecule has 0 aliphatic rings. The van der Waals surface area contributed by atoms with Gasteiger partial charge in [0.1, 0.15) is 0 Å². The lowest BCUT2D eigenvalue weighted by Gasteiger charge is -2.27. The first-order valence-corrected chi connectivity index (χ1v) is 6.66. The van der Waals surface area contributed by atoms with Crippen LogP contribution in [0.5, 0.6) is 0 Å². The predicted molar refractivity (Wildman–Crippen MR) is 77.0 cm³/mol. The van der Waals surface area contributed by atoms with Crippen LogP contribution in [0.25, 0.3) is 5.65 Å². The molecule has 2 aromatic rings. The predicted octanol–water partition coefficient (Wildman–Crippen LogP) is 1.28. The van der Waals surface area contributed by atoms with Gasteiger partial charge in [-0.25, -0.2) is 0 Å². The maximum atomic E-state index is 12.1. The number of nitrogens with one attached hydrogen (secondary N) is 1. The van der Waals surface area contributed by atoms with Crippen LogP contribution in [0.4, 0.5) is 0 Å². The topological polar surface area (TPSA) is 85.3 Å². The van der Waals surface area contributed by atoms with Crippen molar-refractivity contribution in [3.05, 3.63) is 30.2 Å². The summed E-state index contributed by atoms with van der Waals surface area (Å²) in [6, 6.07) is 4.84. The number of carbonyl (C=O) groups is 1. The molecule has 2 atom stereocenters. The molecule has 0 bridgehead atoms. The highest BCUT2D eigenvalue weighted by molar-refractivity contribution is 5.82. The van der Waals surface area contributed by atoms with E-state index in [0.29, 0.717) is 5.82 Å². The Morgan fingerprint density at radius 1 is 1.35 bits per heavy atom. The summed E-state index contributed by atoms with van der Waals surface area (Å²) in [6.45, 7) is 7.69. The number of nitrogens with two attached hydrogens (primary N) is 1. The summed E-state index contributed by atoms with van der Waals surface area (Å²) in [7, 11) is 0. The molecule has 0 saturated carbocycles. The van der Waals surface area contributed by atoms with E-state index in [4.69, 9.17) is 5.73 Å². The third kappa shape index (κ3) is 2.80. The van der Waals surface area contributed by atoms with Crippen LogP contribution in [0.2, 0.25) is 0 Å². The molecule has 1 amide bonds. The Kier molecular flexibility index (Phi) is 3.76. The highest BCUT2D eigenvalue weighted by Gasteiger charge is 2.29. The molecule has 0 aliphatic carbocycles. The third-order valence-electron chi connectivity index (χ3n) is 3.30. The van der Waals surface area contributed by atoms with E-state index in [1.165, 1.54) is 0 Å². The van der Waals surface area contributed by atoms with Crippen molar-refractivity contribution in [2.75, 3.05) is 0 Å². The summed E-state index contributed by atoms with van der Waals surface area (Å²) in [5, 5.41) is 11.1. The maximum Gasteiger partial charge on any atom is 0.238 e. The summed E-state index contributed by atoms with van der Waals surface area (Å²) in [5.74, 6) is 0.507. The maximum absolute atomic E-state index is 12.1. The Morgan fingerprint density at radius 2 is 2.05 bits per heavy atom. The molecule has 6 nitrogen and oxygen atoms in total. The van der Waals surface area contributed by atoms with Gasteiger partial charge in [0, 0.05) is 6.20 Å². The molecule has 20 heavy (non-hydrogen) atoms. The van der Waals surface area contributed by atoms with Gasteiger partial charge in [-0.3, -0.25) is 9.20 Å². The number of hydrogen-bond donors (Lipinski definition) is 2. The SMILES string of the molecule is CC(NC(=O)[C@H](N)C(C)(C)C)c1nnc2ccccn12. The van der Waals surface area contributed by atoms with Crippen LogP contribution in [-0.4, -0.2) is 26.5 Å². The van der Waals surface area contributed by atoms with Crippen molar-refractivity contribution in [3.8, 4) is 0 Å². The smallest absolute Gasteiger partial charge is 0.238 e. The first kappa shape index (κ1) is 14.5. The van der Waals surface area contributed by atoms with E-state index in [-0.39, 0.29) is 17.4 Å². The minimum atomic E-state index is -0.566. The summed E-state index contributed by atoms with van der Waals surface area (Å²) < 4.78 is 1.85. The summed E-state index contributed by atoms with van der Waals surface area (Å²) in [4.78, 5) is 12.1. The number of rotatable bonds is 3. The first-order valence-electron chi connectivity index (χ1n) is 6.66. The molecule has 0 spiro atoms. The molecule has 2 rings (SSSR count). The molecular formula is C14H21N5O. The lowest BCUT2D eigenvalue weighted by Crippen LogP contribution is -2.49.